The summed E-state index contributed by atoms with van der Waals surface area (Å²) >= 11 is 3.52. The van der Waals surface area contributed by atoms with Crippen molar-refractivity contribution in [3.05, 3.63) is 45.4 Å². The van der Waals surface area contributed by atoms with E-state index in [1.54, 1.807) is 6.07 Å². The van der Waals surface area contributed by atoms with Gasteiger partial charge in [0, 0.05) is 12.2 Å². The third kappa shape index (κ3) is 2.83. The van der Waals surface area contributed by atoms with Crippen molar-refractivity contribution in [2.24, 2.45) is 0 Å². The maximum atomic E-state index is 13.2. The van der Waals surface area contributed by atoms with Gasteiger partial charge in [-0.05, 0) is 48.0 Å². The number of nitriles is 1. The molecule has 104 valence electrons. The smallest absolute Gasteiger partial charge is 0.141 e. The van der Waals surface area contributed by atoms with E-state index in [9.17, 15) is 4.39 Å². The molecule has 0 atom stereocenters. The van der Waals surface area contributed by atoms with Crippen LogP contribution in [0.1, 0.15) is 23.9 Å². The van der Waals surface area contributed by atoms with Crippen LogP contribution in [0.25, 0.3) is 0 Å². The van der Waals surface area contributed by atoms with Crippen LogP contribution >= 0.6 is 15.9 Å². The first kappa shape index (κ1) is 14.5. The number of aromatic nitrogens is 2. The average molecular weight is 337 g/mol. The molecule has 20 heavy (non-hydrogen) atoms. The molecule has 0 aliphatic heterocycles. The Labute approximate surface area is 125 Å². The van der Waals surface area contributed by atoms with E-state index in [0.717, 1.165) is 22.4 Å². The van der Waals surface area contributed by atoms with Crippen molar-refractivity contribution in [2.45, 2.75) is 26.9 Å². The number of hydrogen-bond donors (Lipinski definition) is 1. The van der Waals surface area contributed by atoms with Gasteiger partial charge in [0.05, 0.1) is 28.0 Å². The fourth-order valence-electron chi connectivity index (χ4n) is 1.94. The van der Waals surface area contributed by atoms with Crippen molar-refractivity contribution < 1.29 is 4.39 Å². The van der Waals surface area contributed by atoms with Crippen molar-refractivity contribution in [3.63, 3.8) is 0 Å². The van der Waals surface area contributed by atoms with Gasteiger partial charge >= 0.3 is 0 Å². The van der Waals surface area contributed by atoms with Crippen LogP contribution in [0.15, 0.2) is 22.7 Å². The Morgan fingerprint density at radius 1 is 1.50 bits per heavy atom. The number of rotatable bonds is 4. The minimum absolute atomic E-state index is 0.0363. The molecular weight excluding hydrogens is 323 g/mol. The zero-order valence-electron chi connectivity index (χ0n) is 11.2. The Balaban J connectivity index is 2.19. The number of hydrogen-bond acceptors (Lipinski definition) is 3. The molecule has 2 rings (SSSR count). The number of benzene rings is 1. The first-order valence-electron chi connectivity index (χ1n) is 6.22. The molecule has 0 saturated carbocycles. The van der Waals surface area contributed by atoms with Gasteiger partial charge < -0.3 is 5.32 Å². The fraction of sp³-hybridized carbons (Fsp3) is 0.286. The second-order valence-electron chi connectivity index (χ2n) is 4.32. The van der Waals surface area contributed by atoms with Crippen LogP contribution in [0.2, 0.25) is 0 Å². The molecule has 0 saturated heterocycles. The minimum Gasteiger partial charge on any atom is -0.379 e. The topological polar surface area (TPSA) is 53.6 Å². The van der Waals surface area contributed by atoms with Gasteiger partial charge in [0.1, 0.15) is 11.9 Å². The van der Waals surface area contributed by atoms with Crippen molar-refractivity contribution in [1.82, 2.24) is 9.78 Å². The van der Waals surface area contributed by atoms with Gasteiger partial charge in [-0.3, -0.25) is 4.68 Å². The largest absolute Gasteiger partial charge is 0.379 e. The molecule has 1 N–H and O–H groups in total. The lowest BCUT2D eigenvalue weighted by Crippen LogP contribution is -2.08. The highest BCUT2D eigenvalue weighted by molar-refractivity contribution is 9.10. The molecule has 6 heteroatoms. The van der Waals surface area contributed by atoms with Gasteiger partial charge in [-0.2, -0.15) is 10.4 Å². The summed E-state index contributed by atoms with van der Waals surface area (Å²) in [6, 6.07) is 6.24. The summed E-state index contributed by atoms with van der Waals surface area (Å²) in [4.78, 5) is 0. The molecule has 0 radical (unpaired) electrons. The lowest BCUT2D eigenvalue weighted by molar-refractivity contribution is 0.621. The monoisotopic (exact) mass is 336 g/mol. The van der Waals surface area contributed by atoms with Crippen LogP contribution in [0.5, 0.6) is 0 Å². The average Bonchev–Trinajstić information content (AvgIpc) is 2.73. The highest BCUT2D eigenvalue weighted by Gasteiger charge is 2.12. The van der Waals surface area contributed by atoms with Gasteiger partial charge in [0.15, 0.2) is 0 Å². The van der Waals surface area contributed by atoms with E-state index < -0.39 is 5.82 Å². The van der Waals surface area contributed by atoms with Gasteiger partial charge in [0.25, 0.3) is 0 Å². The first-order valence-corrected chi connectivity index (χ1v) is 7.01. The maximum Gasteiger partial charge on any atom is 0.141 e. The Hall–Kier alpha value is -1.87. The molecule has 4 nitrogen and oxygen atoms in total. The molecule has 0 aliphatic rings. The SMILES string of the molecule is CCn1nc(C)c(Br)c1CNc1ccc(F)c(C#N)c1. The molecule has 0 bridgehead atoms. The summed E-state index contributed by atoms with van der Waals surface area (Å²) in [5, 5.41) is 16.4. The van der Waals surface area contributed by atoms with Crippen LogP contribution < -0.4 is 5.32 Å². The summed E-state index contributed by atoms with van der Waals surface area (Å²) in [7, 11) is 0. The summed E-state index contributed by atoms with van der Waals surface area (Å²) in [5.74, 6) is -0.506. The predicted molar refractivity (Wildman–Crippen MR) is 78.8 cm³/mol. The van der Waals surface area contributed by atoms with E-state index in [1.165, 1.54) is 12.1 Å². The van der Waals surface area contributed by atoms with E-state index in [-0.39, 0.29) is 5.56 Å². The molecule has 1 aromatic heterocycles. The lowest BCUT2D eigenvalue weighted by Gasteiger charge is -2.09. The van der Waals surface area contributed by atoms with Crippen molar-refractivity contribution in [1.29, 1.82) is 5.26 Å². The van der Waals surface area contributed by atoms with Crippen LogP contribution in [0, 0.1) is 24.1 Å². The van der Waals surface area contributed by atoms with Crippen LogP contribution in [-0.4, -0.2) is 9.78 Å². The molecule has 2 aromatic rings. The summed E-state index contributed by atoms with van der Waals surface area (Å²) < 4.78 is 16.1. The summed E-state index contributed by atoms with van der Waals surface area (Å²) in [5.41, 5.74) is 2.69. The van der Waals surface area contributed by atoms with E-state index in [2.05, 4.69) is 26.3 Å². The molecule has 0 unspecified atom stereocenters. The van der Waals surface area contributed by atoms with Gasteiger partial charge in [0.2, 0.25) is 0 Å². The Kier molecular flexibility index (Phi) is 4.40. The van der Waals surface area contributed by atoms with Gasteiger partial charge in [-0.25, -0.2) is 4.39 Å². The van der Waals surface area contributed by atoms with E-state index in [0.29, 0.717) is 12.2 Å². The minimum atomic E-state index is -0.506. The molecule has 0 spiro atoms. The third-order valence-corrected chi connectivity index (χ3v) is 4.03. The molecule has 1 heterocycles. The Morgan fingerprint density at radius 2 is 2.25 bits per heavy atom. The van der Waals surface area contributed by atoms with Crippen molar-refractivity contribution in [3.8, 4) is 6.07 Å². The summed E-state index contributed by atoms with van der Waals surface area (Å²) in [6.07, 6.45) is 0. The summed E-state index contributed by atoms with van der Waals surface area (Å²) in [6.45, 7) is 5.28. The quantitative estimate of drug-likeness (QED) is 0.928. The van der Waals surface area contributed by atoms with E-state index >= 15 is 0 Å². The zero-order chi connectivity index (χ0) is 14.7. The van der Waals surface area contributed by atoms with Crippen LogP contribution in [0.3, 0.4) is 0 Å². The van der Waals surface area contributed by atoms with E-state index in [4.69, 9.17) is 5.26 Å². The number of nitrogens with one attached hydrogen (secondary N) is 1. The number of nitrogens with zero attached hydrogens (tertiary/aromatic N) is 3. The highest BCUT2D eigenvalue weighted by atomic mass is 79.9. The number of aryl methyl sites for hydroxylation is 2. The van der Waals surface area contributed by atoms with Crippen LogP contribution in [0.4, 0.5) is 10.1 Å². The van der Waals surface area contributed by atoms with Crippen LogP contribution in [-0.2, 0) is 13.1 Å². The highest BCUT2D eigenvalue weighted by Crippen LogP contribution is 2.22. The van der Waals surface area contributed by atoms with Gasteiger partial charge in [-0.15, -0.1) is 0 Å². The van der Waals surface area contributed by atoms with Crippen molar-refractivity contribution >= 4 is 21.6 Å². The maximum absolute atomic E-state index is 13.2. The predicted octanol–water partition coefficient (Wildman–Crippen LogP) is 3.60. The second-order valence-corrected chi connectivity index (χ2v) is 5.11. The molecular formula is C14H14BrFN4. The fourth-order valence-corrected chi connectivity index (χ4v) is 2.37. The van der Waals surface area contributed by atoms with E-state index in [1.807, 2.05) is 24.6 Å². The number of anilines is 1. The normalized spacial score (nSPS) is 10.3. The Bertz CT molecular complexity index is 673. The molecule has 0 amide bonds. The molecule has 0 aliphatic carbocycles. The zero-order valence-corrected chi connectivity index (χ0v) is 12.8. The van der Waals surface area contributed by atoms with Crippen molar-refractivity contribution in [2.75, 3.05) is 5.32 Å². The molecule has 1 aromatic carbocycles. The standard InChI is InChI=1S/C14H14BrFN4/c1-3-20-13(14(15)9(2)19-20)8-18-11-4-5-12(16)10(6-11)7-17/h4-6,18H,3,8H2,1-2H3. The lowest BCUT2D eigenvalue weighted by atomic mass is 10.2. The number of halogens is 2. The molecule has 0 fully saturated rings. The van der Waals surface area contributed by atoms with Gasteiger partial charge in [-0.1, -0.05) is 0 Å². The second kappa shape index (κ2) is 6.06. The first-order chi connectivity index (χ1) is 9.56. The third-order valence-electron chi connectivity index (χ3n) is 3.00. The Morgan fingerprint density at radius 3 is 2.90 bits per heavy atom.